The molecule has 1 N–H and O–H groups in total. The molecule has 1 saturated heterocycles. The van der Waals surface area contributed by atoms with Crippen molar-refractivity contribution in [3.63, 3.8) is 0 Å². The monoisotopic (exact) mass is 361 g/mol. The minimum atomic E-state index is -0.251. The molecule has 0 spiro atoms. The molecule has 2 amide bonds. The van der Waals surface area contributed by atoms with E-state index < -0.39 is 0 Å². The summed E-state index contributed by atoms with van der Waals surface area (Å²) >= 11 is 1.68. The summed E-state index contributed by atoms with van der Waals surface area (Å²) < 4.78 is 5.21. The first-order chi connectivity index (χ1) is 12.1. The molecule has 2 aromatic rings. The van der Waals surface area contributed by atoms with E-state index in [1.54, 1.807) is 11.3 Å². The Morgan fingerprint density at radius 3 is 3.04 bits per heavy atom. The fourth-order valence-corrected chi connectivity index (χ4v) is 3.98. The maximum atomic E-state index is 12.5. The molecule has 6 nitrogen and oxygen atoms in total. The van der Waals surface area contributed by atoms with Gasteiger partial charge in [-0.15, -0.1) is 11.3 Å². The molecule has 0 aliphatic carbocycles. The number of amides is 2. The lowest BCUT2D eigenvalue weighted by Crippen LogP contribution is -2.39. The highest BCUT2D eigenvalue weighted by Crippen LogP contribution is 2.21. The summed E-state index contributed by atoms with van der Waals surface area (Å²) in [6, 6.07) is 4.13. The third kappa shape index (κ3) is 4.10. The lowest BCUT2D eigenvalue weighted by Gasteiger charge is -2.21. The summed E-state index contributed by atoms with van der Waals surface area (Å²) in [5, 5.41) is 5.00. The number of nitrogens with one attached hydrogen (secondary N) is 1. The van der Waals surface area contributed by atoms with Gasteiger partial charge >= 0.3 is 0 Å². The van der Waals surface area contributed by atoms with E-state index in [2.05, 4.69) is 16.4 Å². The number of hydrogen-bond donors (Lipinski definition) is 1. The first kappa shape index (κ1) is 17.7. The molecular weight excluding hydrogens is 338 g/mol. The number of oxazole rings is 1. The Morgan fingerprint density at radius 1 is 1.48 bits per heavy atom. The molecule has 2 atom stereocenters. The third-order valence-corrected chi connectivity index (χ3v) is 5.51. The van der Waals surface area contributed by atoms with Crippen LogP contribution in [0.2, 0.25) is 0 Å². The summed E-state index contributed by atoms with van der Waals surface area (Å²) in [7, 11) is 0. The topological polar surface area (TPSA) is 75.4 Å². The largest absolute Gasteiger partial charge is 0.438 e. The summed E-state index contributed by atoms with van der Waals surface area (Å²) in [6.45, 7) is 4.51. The molecule has 1 fully saturated rings. The van der Waals surface area contributed by atoms with E-state index in [1.165, 1.54) is 11.3 Å². The van der Waals surface area contributed by atoms with E-state index in [4.69, 9.17) is 4.42 Å². The molecule has 0 aromatic carbocycles. The zero-order chi connectivity index (χ0) is 17.8. The van der Waals surface area contributed by atoms with E-state index in [0.29, 0.717) is 25.1 Å². The van der Waals surface area contributed by atoms with Crippen LogP contribution in [0, 0.1) is 0 Å². The number of rotatable bonds is 6. The van der Waals surface area contributed by atoms with Crippen LogP contribution in [-0.4, -0.2) is 40.3 Å². The standard InChI is InChI=1S/C18H23N3O3S/c1-3-15-17(24-11-19-15)18(23)20-13-9-12(2)21(10-13)16(22)7-6-14-5-4-8-25-14/h4-5,8,11-13H,3,6-7,9-10H2,1-2H3,(H,20,23). The van der Waals surface area contributed by atoms with Gasteiger partial charge in [0.05, 0.1) is 5.69 Å². The van der Waals surface area contributed by atoms with Gasteiger partial charge in [-0.05, 0) is 37.6 Å². The number of likely N-dealkylation sites (tertiary alicyclic amines) is 1. The fraction of sp³-hybridized carbons (Fsp3) is 0.500. The molecule has 134 valence electrons. The molecule has 0 radical (unpaired) electrons. The second kappa shape index (κ2) is 7.82. The van der Waals surface area contributed by atoms with Crippen LogP contribution in [0.25, 0.3) is 0 Å². The van der Waals surface area contributed by atoms with Crippen LogP contribution in [0.5, 0.6) is 0 Å². The number of hydrogen-bond acceptors (Lipinski definition) is 5. The average molecular weight is 361 g/mol. The lowest BCUT2D eigenvalue weighted by atomic mass is 10.2. The summed E-state index contributed by atoms with van der Waals surface area (Å²) in [5.74, 6) is 0.170. The Balaban J connectivity index is 1.54. The van der Waals surface area contributed by atoms with Gasteiger partial charge in [-0.2, -0.15) is 0 Å². The molecule has 3 rings (SSSR count). The maximum absolute atomic E-state index is 12.5. The van der Waals surface area contributed by atoms with E-state index >= 15 is 0 Å². The normalized spacial score (nSPS) is 20.0. The van der Waals surface area contributed by atoms with Gasteiger partial charge in [0, 0.05) is 29.9 Å². The minimum absolute atomic E-state index is 0.0528. The summed E-state index contributed by atoms with van der Waals surface area (Å²) in [5.41, 5.74) is 0.660. The highest BCUT2D eigenvalue weighted by Gasteiger charge is 2.33. The zero-order valence-corrected chi connectivity index (χ0v) is 15.3. The van der Waals surface area contributed by atoms with Gasteiger partial charge in [-0.3, -0.25) is 9.59 Å². The van der Waals surface area contributed by atoms with Gasteiger partial charge in [-0.25, -0.2) is 4.98 Å². The van der Waals surface area contributed by atoms with Crippen LogP contribution < -0.4 is 5.32 Å². The Labute approximate surface area is 151 Å². The molecule has 0 saturated carbocycles. The Hall–Kier alpha value is -2.15. The van der Waals surface area contributed by atoms with Crippen molar-refractivity contribution < 1.29 is 14.0 Å². The van der Waals surface area contributed by atoms with Crippen molar-refractivity contribution in [2.75, 3.05) is 6.54 Å². The SMILES string of the molecule is CCc1ncoc1C(=O)NC1CC(C)N(C(=O)CCc2cccs2)C1. The van der Waals surface area contributed by atoms with Crippen molar-refractivity contribution in [3.05, 3.63) is 40.2 Å². The average Bonchev–Trinajstić information content (AvgIpc) is 3.33. The number of aromatic nitrogens is 1. The van der Waals surface area contributed by atoms with Crippen LogP contribution in [0.15, 0.2) is 28.3 Å². The van der Waals surface area contributed by atoms with Gasteiger partial charge in [0.2, 0.25) is 11.7 Å². The predicted molar refractivity (Wildman–Crippen MR) is 95.6 cm³/mol. The van der Waals surface area contributed by atoms with Crippen molar-refractivity contribution in [1.82, 2.24) is 15.2 Å². The molecule has 0 bridgehead atoms. The van der Waals surface area contributed by atoms with Crippen molar-refractivity contribution >= 4 is 23.2 Å². The lowest BCUT2D eigenvalue weighted by molar-refractivity contribution is -0.131. The summed E-state index contributed by atoms with van der Waals surface area (Å²) in [6.07, 6.45) is 3.98. The number of aryl methyl sites for hydroxylation is 2. The zero-order valence-electron chi connectivity index (χ0n) is 14.5. The first-order valence-corrected chi connectivity index (χ1v) is 9.51. The Morgan fingerprint density at radius 2 is 2.32 bits per heavy atom. The van der Waals surface area contributed by atoms with E-state index in [0.717, 1.165) is 12.8 Å². The molecule has 1 aliphatic rings. The smallest absolute Gasteiger partial charge is 0.289 e. The first-order valence-electron chi connectivity index (χ1n) is 8.63. The number of thiophene rings is 1. The van der Waals surface area contributed by atoms with Gasteiger partial charge in [0.15, 0.2) is 6.39 Å². The quantitative estimate of drug-likeness (QED) is 0.858. The second-order valence-electron chi connectivity index (χ2n) is 6.36. The second-order valence-corrected chi connectivity index (χ2v) is 7.39. The number of carbonyl (C=O) groups is 2. The molecule has 1 aliphatic heterocycles. The molecule has 25 heavy (non-hydrogen) atoms. The minimum Gasteiger partial charge on any atom is -0.438 e. The van der Waals surface area contributed by atoms with Gasteiger partial charge in [-0.1, -0.05) is 13.0 Å². The van der Waals surface area contributed by atoms with Crippen LogP contribution >= 0.6 is 11.3 Å². The van der Waals surface area contributed by atoms with Crippen LogP contribution in [-0.2, 0) is 17.6 Å². The molecule has 2 unspecified atom stereocenters. The van der Waals surface area contributed by atoms with Gasteiger partial charge in [0.1, 0.15) is 0 Å². The van der Waals surface area contributed by atoms with Crippen molar-refractivity contribution in [1.29, 1.82) is 0 Å². The van der Waals surface area contributed by atoms with Gasteiger partial charge in [0.25, 0.3) is 5.91 Å². The summed E-state index contributed by atoms with van der Waals surface area (Å²) in [4.78, 5) is 32.0. The van der Waals surface area contributed by atoms with Crippen molar-refractivity contribution in [2.24, 2.45) is 0 Å². The molecular formula is C18H23N3O3S. The molecule has 2 aromatic heterocycles. The molecule has 3 heterocycles. The fourth-order valence-electron chi connectivity index (χ4n) is 3.27. The Bertz CT molecular complexity index is 726. The van der Waals surface area contributed by atoms with Crippen LogP contribution in [0.1, 0.15) is 47.8 Å². The van der Waals surface area contributed by atoms with Crippen molar-refractivity contribution in [2.45, 2.75) is 51.6 Å². The predicted octanol–water partition coefficient (Wildman–Crippen LogP) is 2.65. The third-order valence-electron chi connectivity index (χ3n) is 4.58. The molecule has 7 heteroatoms. The van der Waals surface area contributed by atoms with Crippen LogP contribution in [0.4, 0.5) is 0 Å². The van der Waals surface area contributed by atoms with E-state index in [-0.39, 0.29) is 29.7 Å². The van der Waals surface area contributed by atoms with E-state index in [1.807, 2.05) is 30.2 Å². The van der Waals surface area contributed by atoms with E-state index in [9.17, 15) is 9.59 Å². The highest BCUT2D eigenvalue weighted by molar-refractivity contribution is 7.09. The number of carbonyl (C=O) groups excluding carboxylic acids is 2. The maximum Gasteiger partial charge on any atom is 0.289 e. The highest BCUT2D eigenvalue weighted by atomic mass is 32.1. The number of nitrogens with zero attached hydrogens (tertiary/aromatic N) is 2. The van der Waals surface area contributed by atoms with Gasteiger partial charge < -0.3 is 14.6 Å². The van der Waals surface area contributed by atoms with Crippen molar-refractivity contribution in [3.8, 4) is 0 Å². The van der Waals surface area contributed by atoms with Crippen LogP contribution in [0.3, 0.4) is 0 Å². The Kier molecular flexibility index (Phi) is 5.53.